The van der Waals surface area contributed by atoms with E-state index in [0.29, 0.717) is 5.92 Å². The van der Waals surface area contributed by atoms with E-state index in [1.165, 1.54) is 12.1 Å². The van der Waals surface area contributed by atoms with Crippen LogP contribution in [0.1, 0.15) is 32.6 Å². The zero-order valence-corrected chi connectivity index (χ0v) is 11.7. The van der Waals surface area contributed by atoms with Gasteiger partial charge in [0.2, 0.25) is 0 Å². The van der Waals surface area contributed by atoms with Crippen molar-refractivity contribution in [1.29, 1.82) is 0 Å². The zero-order chi connectivity index (χ0) is 14.6. The van der Waals surface area contributed by atoms with E-state index < -0.39 is 17.4 Å². The summed E-state index contributed by atoms with van der Waals surface area (Å²) in [7, 11) is 0. The lowest BCUT2D eigenvalue weighted by atomic mass is 9.77. The fourth-order valence-corrected chi connectivity index (χ4v) is 2.59. The Morgan fingerprint density at radius 1 is 1.40 bits per heavy atom. The number of hydrogen-bond donors (Lipinski definition) is 3. The first-order valence-electron chi connectivity index (χ1n) is 6.99. The molecule has 5 heteroatoms. The summed E-state index contributed by atoms with van der Waals surface area (Å²) in [6.45, 7) is 2.07. The first-order chi connectivity index (χ1) is 9.54. The zero-order valence-electron chi connectivity index (χ0n) is 11.7. The van der Waals surface area contributed by atoms with Gasteiger partial charge in [0.1, 0.15) is 5.82 Å². The van der Waals surface area contributed by atoms with Crippen molar-refractivity contribution in [3.8, 4) is 0 Å². The maximum absolute atomic E-state index is 13.5. The third-order valence-electron chi connectivity index (χ3n) is 4.03. The van der Waals surface area contributed by atoms with Crippen LogP contribution in [0.4, 0.5) is 14.9 Å². The Labute approximate surface area is 118 Å². The van der Waals surface area contributed by atoms with Crippen molar-refractivity contribution in [2.75, 3.05) is 11.9 Å². The highest BCUT2D eigenvalue weighted by molar-refractivity contribution is 5.89. The summed E-state index contributed by atoms with van der Waals surface area (Å²) in [5.41, 5.74) is -0.441. The largest absolute Gasteiger partial charge is 0.394 e. The van der Waals surface area contributed by atoms with E-state index >= 15 is 0 Å². The molecule has 1 aromatic carbocycles. The average Bonchev–Trinajstić information content (AvgIpc) is 2.44. The Morgan fingerprint density at radius 2 is 2.05 bits per heavy atom. The highest BCUT2D eigenvalue weighted by atomic mass is 19.1. The minimum atomic E-state index is -0.581. The molecule has 0 atom stereocenters. The van der Waals surface area contributed by atoms with Crippen molar-refractivity contribution in [3.05, 3.63) is 30.1 Å². The van der Waals surface area contributed by atoms with E-state index in [4.69, 9.17) is 0 Å². The number of hydrogen-bond acceptors (Lipinski definition) is 2. The molecule has 110 valence electrons. The van der Waals surface area contributed by atoms with Crippen LogP contribution < -0.4 is 10.6 Å². The lowest BCUT2D eigenvalue weighted by Gasteiger charge is -2.38. The monoisotopic (exact) mass is 280 g/mol. The molecule has 1 fully saturated rings. The van der Waals surface area contributed by atoms with Gasteiger partial charge in [-0.25, -0.2) is 9.18 Å². The van der Waals surface area contributed by atoms with Crippen molar-refractivity contribution in [1.82, 2.24) is 5.32 Å². The number of carbonyl (C=O) groups is 1. The summed E-state index contributed by atoms with van der Waals surface area (Å²) in [5.74, 6) is 0.143. The number of aliphatic hydroxyl groups excluding tert-OH is 1. The molecule has 0 radical (unpaired) electrons. The van der Waals surface area contributed by atoms with Gasteiger partial charge in [-0.3, -0.25) is 0 Å². The van der Waals surface area contributed by atoms with Gasteiger partial charge in [0.05, 0.1) is 17.8 Å². The second-order valence-corrected chi connectivity index (χ2v) is 5.68. The lowest BCUT2D eigenvalue weighted by molar-refractivity contribution is 0.113. The number of benzene rings is 1. The molecule has 0 aliphatic heterocycles. The van der Waals surface area contributed by atoms with Crippen molar-refractivity contribution >= 4 is 11.7 Å². The molecule has 0 bridgehead atoms. The second kappa shape index (κ2) is 6.22. The Bertz CT molecular complexity index is 471. The van der Waals surface area contributed by atoms with Gasteiger partial charge >= 0.3 is 6.03 Å². The maximum atomic E-state index is 13.5. The van der Waals surface area contributed by atoms with Crippen LogP contribution in [0.5, 0.6) is 0 Å². The molecule has 4 nitrogen and oxygen atoms in total. The normalized spacial score (nSPS) is 26.1. The molecule has 1 aromatic rings. The summed E-state index contributed by atoms with van der Waals surface area (Å²) in [4.78, 5) is 12.0. The van der Waals surface area contributed by atoms with Crippen LogP contribution in [0.2, 0.25) is 0 Å². The van der Waals surface area contributed by atoms with Gasteiger partial charge < -0.3 is 15.7 Å². The quantitative estimate of drug-likeness (QED) is 0.797. The summed E-state index contributed by atoms with van der Waals surface area (Å²) in [5, 5.41) is 14.9. The van der Waals surface area contributed by atoms with E-state index in [0.717, 1.165) is 25.7 Å². The molecule has 0 saturated heterocycles. The third-order valence-corrected chi connectivity index (χ3v) is 4.03. The van der Waals surface area contributed by atoms with Gasteiger partial charge in [0.15, 0.2) is 0 Å². The predicted octanol–water partition coefficient (Wildman–Crippen LogP) is 2.89. The number of carbonyl (C=O) groups excluding carboxylic acids is 1. The molecule has 0 heterocycles. The van der Waals surface area contributed by atoms with Gasteiger partial charge in [-0.15, -0.1) is 0 Å². The standard InChI is InChI=1S/C15H21FN2O2/c1-11-6-8-15(10-19,9-7-11)18-14(20)17-13-5-3-2-4-12(13)16/h2-5,11,19H,6-10H2,1H3,(H2,17,18,20). The van der Waals surface area contributed by atoms with Gasteiger partial charge in [-0.05, 0) is 43.7 Å². The maximum Gasteiger partial charge on any atom is 0.319 e. The van der Waals surface area contributed by atoms with E-state index in [9.17, 15) is 14.3 Å². The van der Waals surface area contributed by atoms with Crippen LogP contribution in [0.3, 0.4) is 0 Å². The van der Waals surface area contributed by atoms with Crippen molar-refractivity contribution < 1.29 is 14.3 Å². The molecule has 20 heavy (non-hydrogen) atoms. The van der Waals surface area contributed by atoms with E-state index in [1.54, 1.807) is 12.1 Å². The first kappa shape index (κ1) is 14.8. The summed E-state index contributed by atoms with van der Waals surface area (Å²) in [6, 6.07) is 5.54. The number of halogens is 1. The van der Waals surface area contributed by atoms with Crippen LogP contribution in [0.25, 0.3) is 0 Å². The minimum Gasteiger partial charge on any atom is -0.394 e. The molecular weight excluding hydrogens is 259 g/mol. The number of urea groups is 1. The van der Waals surface area contributed by atoms with Crippen LogP contribution in [0.15, 0.2) is 24.3 Å². The molecule has 2 amide bonds. The van der Waals surface area contributed by atoms with Gasteiger partial charge in [-0.1, -0.05) is 19.1 Å². The summed E-state index contributed by atoms with van der Waals surface area (Å²) >= 11 is 0. The van der Waals surface area contributed by atoms with Crippen LogP contribution >= 0.6 is 0 Å². The van der Waals surface area contributed by atoms with E-state index in [2.05, 4.69) is 17.6 Å². The highest BCUT2D eigenvalue weighted by Gasteiger charge is 2.35. The van der Waals surface area contributed by atoms with Gasteiger partial charge in [0, 0.05) is 0 Å². The summed E-state index contributed by atoms with van der Waals surface area (Å²) < 4.78 is 13.5. The molecule has 1 aliphatic rings. The fourth-order valence-electron chi connectivity index (χ4n) is 2.59. The number of rotatable bonds is 3. The first-order valence-corrected chi connectivity index (χ1v) is 6.99. The Kier molecular flexibility index (Phi) is 4.60. The molecule has 0 aromatic heterocycles. The van der Waals surface area contributed by atoms with E-state index in [-0.39, 0.29) is 12.3 Å². The van der Waals surface area contributed by atoms with Crippen LogP contribution in [-0.2, 0) is 0 Å². The highest BCUT2D eigenvalue weighted by Crippen LogP contribution is 2.31. The molecule has 0 unspecified atom stereocenters. The van der Waals surface area contributed by atoms with Crippen LogP contribution in [0, 0.1) is 11.7 Å². The number of nitrogens with one attached hydrogen (secondary N) is 2. The number of para-hydroxylation sites is 1. The molecular formula is C15H21FN2O2. The minimum absolute atomic E-state index is 0.0928. The lowest BCUT2D eigenvalue weighted by Crippen LogP contribution is -2.54. The van der Waals surface area contributed by atoms with E-state index in [1.807, 2.05) is 0 Å². The molecule has 1 aliphatic carbocycles. The average molecular weight is 280 g/mol. The topological polar surface area (TPSA) is 61.4 Å². The van der Waals surface area contributed by atoms with Gasteiger partial charge in [0.25, 0.3) is 0 Å². The van der Waals surface area contributed by atoms with Crippen LogP contribution in [-0.4, -0.2) is 23.3 Å². The van der Waals surface area contributed by atoms with Crippen molar-refractivity contribution in [2.24, 2.45) is 5.92 Å². The van der Waals surface area contributed by atoms with Crippen molar-refractivity contribution in [2.45, 2.75) is 38.1 Å². The van der Waals surface area contributed by atoms with Crippen molar-refractivity contribution in [3.63, 3.8) is 0 Å². The third kappa shape index (κ3) is 3.48. The van der Waals surface area contributed by atoms with Gasteiger partial charge in [-0.2, -0.15) is 0 Å². The number of amides is 2. The molecule has 2 rings (SSSR count). The Balaban J connectivity index is 1.98. The number of anilines is 1. The second-order valence-electron chi connectivity index (χ2n) is 5.68. The summed E-state index contributed by atoms with van der Waals surface area (Å²) in [6.07, 6.45) is 3.44. The fraction of sp³-hybridized carbons (Fsp3) is 0.533. The Morgan fingerprint density at radius 3 is 2.65 bits per heavy atom. The SMILES string of the molecule is CC1CCC(CO)(NC(=O)Nc2ccccc2F)CC1. The molecule has 1 saturated carbocycles. The number of aliphatic hydroxyl groups is 1. The smallest absolute Gasteiger partial charge is 0.319 e. The molecule has 3 N–H and O–H groups in total. The molecule has 0 spiro atoms. The Hall–Kier alpha value is -1.62. The predicted molar refractivity (Wildman–Crippen MR) is 76.0 cm³/mol.